The molecule has 0 heterocycles. The quantitative estimate of drug-likeness (QED) is 0.705. The molecule has 0 amide bonds. The molecule has 0 fully saturated rings. The van der Waals surface area contributed by atoms with Gasteiger partial charge in [0.25, 0.3) is 0 Å². The summed E-state index contributed by atoms with van der Waals surface area (Å²) in [5.41, 5.74) is 2.43. The minimum atomic E-state index is -1.01. The lowest BCUT2D eigenvalue weighted by Gasteiger charge is -2.24. The maximum atomic E-state index is 13.2. The van der Waals surface area contributed by atoms with E-state index < -0.39 is 17.8 Å². The van der Waals surface area contributed by atoms with Crippen LogP contribution in [-0.2, 0) is 4.79 Å². The third kappa shape index (κ3) is 4.11. The SMILES string of the molecule is O=C(O)C(NC(c1ccccc1)c1ccccc1)c1ccc(F)cc1. The molecule has 0 radical (unpaired) electrons. The maximum Gasteiger partial charge on any atom is 0.325 e. The zero-order chi connectivity index (χ0) is 17.6. The number of rotatable bonds is 6. The molecule has 3 nitrogen and oxygen atoms in total. The van der Waals surface area contributed by atoms with E-state index in [1.165, 1.54) is 24.3 Å². The predicted octanol–water partition coefficient (Wildman–Crippen LogP) is 4.33. The average Bonchev–Trinajstić information content (AvgIpc) is 2.65. The molecule has 25 heavy (non-hydrogen) atoms. The van der Waals surface area contributed by atoms with Crippen molar-refractivity contribution in [3.63, 3.8) is 0 Å². The molecule has 3 rings (SSSR count). The number of aliphatic carboxylic acids is 1. The minimum absolute atomic E-state index is 0.298. The number of carbonyl (C=O) groups is 1. The molecule has 0 aromatic heterocycles. The highest BCUT2D eigenvalue weighted by Gasteiger charge is 2.25. The summed E-state index contributed by atoms with van der Waals surface area (Å²) in [6.45, 7) is 0. The van der Waals surface area contributed by atoms with Crippen LogP contribution in [0.25, 0.3) is 0 Å². The van der Waals surface area contributed by atoms with E-state index in [2.05, 4.69) is 5.32 Å². The van der Waals surface area contributed by atoms with Crippen molar-refractivity contribution in [3.8, 4) is 0 Å². The number of carboxylic acids is 1. The zero-order valence-corrected chi connectivity index (χ0v) is 13.5. The molecule has 4 heteroatoms. The summed E-state index contributed by atoms with van der Waals surface area (Å²) in [5, 5.41) is 12.9. The van der Waals surface area contributed by atoms with Crippen molar-refractivity contribution in [1.82, 2.24) is 5.32 Å². The zero-order valence-electron chi connectivity index (χ0n) is 13.5. The normalized spacial score (nSPS) is 12.1. The summed E-state index contributed by atoms with van der Waals surface area (Å²) in [6.07, 6.45) is 0. The van der Waals surface area contributed by atoms with Gasteiger partial charge in [0.05, 0.1) is 6.04 Å². The Morgan fingerprint density at radius 2 is 1.24 bits per heavy atom. The van der Waals surface area contributed by atoms with Crippen molar-refractivity contribution in [2.75, 3.05) is 0 Å². The highest BCUT2D eigenvalue weighted by molar-refractivity contribution is 5.75. The molecular weight excluding hydrogens is 317 g/mol. The second-order valence-corrected chi connectivity index (χ2v) is 5.74. The Kier molecular flexibility index (Phi) is 5.21. The lowest BCUT2D eigenvalue weighted by Crippen LogP contribution is -2.32. The van der Waals surface area contributed by atoms with Gasteiger partial charge in [-0.15, -0.1) is 0 Å². The molecule has 0 aliphatic carbocycles. The molecular formula is C21H18FNO2. The highest BCUT2D eigenvalue weighted by Crippen LogP contribution is 2.26. The number of carboxylic acid groups (broad SMARTS) is 1. The van der Waals surface area contributed by atoms with Crippen LogP contribution in [0.15, 0.2) is 84.9 Å². The molecule has 0 aliphatic heterocycles. The third-order valence-corrected chi connectivity index (χ3v) is 4.05. The van der Waals surface area contributed by atoms with E-state index in [1.54, 1.807) is 0 Å². The fourth-order valence-corrected chi connectivity index (χ4v) is 2.81. The Bertz CT molecular complexity index is 780. The number of hydrogen-bond donors (Lipinski definition) is 2. The molecule has 0 saturated heterocycles. The van der Waals surface area contributed by atoms with E-state index in [4.69, 9.17) is 0 Å². The predicted molar refractivity (Wildman–Crippen MR) is 94.6 cm³/mol. The van der Waals surface area contributed by atoms with Crippen LogP contribution >= 0.6 is 0 Å². The Morgan fingerprint density at radius 3 is 1.68 bits per heavy atom. The molecule has 0 bridgehead atoms. The van der Waals surface area contributed by atoms with Gasteiger partial charge in [0.1, 0.15) is 11.9 Å². The highest BCUT2D eigenvalue weighted by atomic mass is 19.1. The summed E-state index contributed by atoms with van der Waals surface area (Å²) < 4.78 is 13.2. The van der Waals surface area contributed by atoms with Gasteiger partial charge in [-0.2, -0.15) is 0 Å². The molecule has 0 aliphatic rings. The summed E-state index contributed by atoms with van der Waals surface area (Å²) in [4.78, 5) is 11.8. The smallest absolute Gasteiger partial charge is 0.325 e. The van der Waals surface area contributed by atoms with Crippen LogP contribution in [0.5, 0.6) is 0 Å². The van der Waals surface area contributed by atoms with Gasteiger partial charge in [-0.05, 0) is 28.8 Å². The summed E-state index contributed by atoms with van der Waals surface area (Å²) >= 11 is 0. The Labute approximate surface area is 145 Å². The number of hydrogen-bond acceptors (Lipinski definition) is 2. The van der Waals surface area contributed by atoms with Crippen LogP contribution in [0.3, 0.4) is 0 Å². The fourth-order valence-electron chi connectivity index (χ4n) is 2.81. The first-order valence-electron chi connectivity index (χ1n) is 7.99. The van der Waals surface area contributed by atoms with Crippen molar-refractivity contribution in [1.29, 1.82) is 0 Å². The van der Waals surface area contributed by atoms with E-state index in [0.29, 0.717) is 5.56 Å². The van der Waals surface area contributed by atoms with Crippen molar-refractivity contribution in [2.24, 2.45) is 0 Å². The lowest BCUT2D eigenvalue weighted by molar-refractivity contribution is -0.139. The van der Waals surface area contributed by atoms with Crippen LogP contribution in [0.4, 0.5) is 4.39 Å². The van der Waals surface area contributed by atoms with Crippen molar-refractivity contribution < 1.29 is 14.3 Å². The molecule has 3 aromatic rings. The molecule has 126 valence electrons. The first-order valence-corrected chi connectivity index (χ1v) is 7.99. The topological polar surface area (TPSA) is 49.3 Å². The molecule has 1 atom stereocenters. The van der Waals surface area contributed by atoms with Crippen molar-refractivity contribution in [3.05, 3.63) is 107 Å². The van der Waals surface area contributed by atoms with Crippen LogP contribution in [0.2, 0.25) is 0 Å². The molecule has 0 saturated carbocycles. The van der Waals surface area contributed by atoms with Gasteiger partial charge < -0.3 is 5.11 Å². The van der Waals surface area contributed by atoms with Gasteiger partial charge in [0.15, 0.2) is 0 Å². The van der Waals surface area contributed by atoms with Crippen LogP contribution in [-0.4, -0.2) is 11.1 Å². The van der Waals surface area contributed by atoms with E-state index in [9.17, 15) is 14.3 Å². The maximum absolute atomic E-state index is 13.2. The van der Waals surface area contributed by atoms with Gasteiger partial charge >= 0.3 is 5.97 Å². The minimum Gasteiger partial charge on any atom is -0.480 e. The van der Waals surface area contributed by atoms with Gasteiger partial charge in [-0.3, -0.25) is 10.1 Å². The van der Waals surface area contributed by atoms with E-state index in [0.717, 1.165) is 11.1 Å². The molecule has 1 unspecified atom stereocenters. The Morgan fingerprint density at radius 1 is 0.760 bits per heavy atom. The Hall–Kier alpha value is -2.98. The largest absolute Gasteiger partial charge is 0.480 e. The van der Waals surface area contributed by atoms with Gasteiger partial charge in [0, 0.05) is 0 Å². The van der Waals surface area contributed by atoms with Gasteiger partial charge in [-0.1, -0.05) is 72.8 Å². The number of halogens is 1. The first kappa shape index (κ1) is 16.9. The molecule has 2 N–H and O–H groups in total. The van der Waals surface area contributed by atoms with E-state index in [1.807, 2.05) is 60.7 Å². The molecule has 3 aromatic carbocycles. The second-order valence-electron chi connectivity index (χ2n) is 5.74. The summed E-state index contributed by atoms with van der Waals surface area (Å²) in [5.74, 6) is -1.40. The summed E-state index contributed by atoms with van der Waals surface area (Å²) in [6, 6.07) is 23.6. The van der Waals surface area contributed by atoms with E-state index >= 15 is 0 Å². The first-order chi connectivity index (χ1) is 12.1. The second kappa shape index (κ2) is 7.73. The third-order valence-electron chi connectivity index (χ3n) is 4.05. The van der Waals surface area contributed by atoms with Crippen molar-refractivity contribution >= 4 is 5.97 Å². The van der Waals surface area contributed by atoms with E-state index in [-0.39, 0.29) is 6.04 Å². The monoisotopic (exact) mass is 335 g/mol. The molecule has 0 spiro atoms. The Balaban J connectivity index is 1.98. The van der Waals surface area contributed by atoms with Crippen LogP contribution < -0.4 is 5.32 Å². The van der Waals surface area contributed by atoms with Crippen LogP contribution in [0.1, 0.15) is 28.8 Å². The number of benzene rings is 3. The van der Waals surface area contributed by atoms with Crippen molar-refractivity contribution in [2.45, 2.75) is 12.1 Å². The van der Waals surface area contributed by atoms with Gasteiger partial charge in [-0.25, -0.2) is 4.39 Å². The van der Waals surface area contributed by atoms with Crippen LogP contribution in [0, 0.1) is 5.82 Å². The summed E-state index contributed by atoms with van der Waals surface area (Å²) in [7, 11) is 0. The standard InChI is InChI=1S/C21H18FNO2/c22-18-13-11-17(12-14-18)20(21(24)25)23-19(15-7-3-1-4-8-15)16-9-5-2-6-10-16/h1-14,19-20,23H,(H,24,25). The van der Waals surface area contributed by atoms with Gasteiger partial charge in [0.2, 0.25) is 0 Å². The fraction of sp³-hybridized carbons (Fsp3) is 0.0952. The average molecular weight is 335 g/mol. The lowest BCUT2D eigenvalue weighted by atomic mass is 9.96. The number of nitrogens with one attached hydrogen (secondary N) is 1.